The average molecular weight is 350 g/mol. The number of hydrogen-bond donors (Lipinski definition) is 1. The molecule has 0 saturated carbocycles. The van der Waals surface area contributed by atoms with E-state index in [-0.39, 0.29) is 15.6 Å². The van der Waals surface area contributed by atoms with Crippen LogP contribution in [0.4, 0.5) is 13.2 Å². The number of aromatic hydroxyl groups is 1. The largest absolute Gasteiger partial charge is 0.504 e. The van der Waals surface area contributed by atoms with Gasteiger partial charge in [0.15, 0.2) is 5.75 Å². The van der Waals surface area contributed by atoms with E-state index in [0.717, 1.165) is 19.2 Å². The number of nitrogens with zero attached hydrogens (tertiary/aromatic N) is 1. The second kappa shape index (κ2) is 4.93. The molecule has 8 heteroatoms. The van der Waals surface area contributed by atoms with Gasteiger partial charge in [-0.2, -0.15) is 13.2 Å². The normalized spacial score (nSPS) is 11.7. The van der Waals surface area contributed by atoms with Crippen molar-refractivity contribution >= 4 is 32.8 Å². The molecule has 1 heterocycles. The lowest BCUT2D eigenvalue weighted by atomic mass is 10.0. The highest BCUT2D eigenvalue weighted by Gasteiger charge is 2.34. The summed E-state index contributed by atoms with van der Waals surface area (Å²) in [5, 5.41) is 9.67. The standard InChI is InChI=1S/C12H7BrF3NO3/c1-20-11(19)7-5-3-2-4-6(12(14,15)16)8(5)17-10(13)9(7)18/h2-4,18H,1H3. The Hall–Kier alpha value is -1.83. The zero-order valence-corrected chi connectivity index (χ0v) is 11.5. The van der Waals surface area contributed by atoms with Crippen molar-refractivity contribution in [1.82, 2.24) is 4.98 Å². The first kappa shape index (κ1) is 14.6. The summed E-state index contributed by atoms with van der Waals surface area (Å²) in [6, 6.07) is 3.24. The van der Waals surface area contributed by atoms with Crippen molar-refractivity contribution in [2.45, 2.75) is 6.18 Å². The number of benzene rings is 1. The highest BCUT2D eigenvalue weighted by Crippen LogP contribution is 2.39. The number of ether oxygens (including phenoxy) is 1. The lowest BCUT2D eigenvalue weighted by Gasteiger charge is -2.13. The maximum Gasteiger partial charge on any atom is 0.418 e. The summed E-state index contributed by atoms with van der Waals surface area (Å²) in [6.45, 7) is 0. The molecule has 1 aromatic carbocycles. The Morgan fingerprint density at radius 3 is 2.60 bits per heavy atom. The number of aromatic nitrogens is 1. The van der Waals surface area contributed by atoms with Crippen LogP contribution in [0.3, 0.4) is 0 Å². The van der Waals surface area contributed by atoms with Crippen molar-refractivity contribution in [3.63, 3.8) is 0 Å². The minimum atomic E-state index is -4.63. The second-order valence-corrected chi connectivity index (χ2v) is 4.57. The third-order valence-electron chi connectivity index (χ3n) is 2.64. The van der Waals surface area contributed by atoms with Crippen LogP contribution in [0.5, 0.6) is 5.75 Å². The quantitative estimate of drug-likeness (QED) is 0.632. The third kappa shape index (κ3) is 2.31. The molecule has 0 saturated heterocycles. The Morgan fingerprint density at radius 1 is 1.40 bits per heavy atom. The lowest BCUT2D eigenvalue weighted by Crippen LogP contribution is -2.09. The number of halogens is 4. The maximum absolute atomic E-state index is 12.9. The number of carbonyl (C=O) groups excluding carboxylic acids is 1. The number of methoxy groups -OCH3 is 1. The van der Waals surface area contributed by atoms with Crippen LogP contribution in [0.2, 0.25) is 0 Å². The number of esters is 1. The van der Waals surface area contributed by atoms with E-state index in [4.69, 9.17) is 0 Å². The maximum atomic E-state index is 12.9. The summed E-state index contributed by atoms with van der Waals surface area (Å²) >= 11 is 2.83. The minimum Gasteiger partial charge on any atom is -0.504 e. The van der Waals surface area contributed by atoms with Crippen LogP contribution in [-0.2, 0) is 10.9 Å². The molecule has 0 aliphatic heterocycles. The van der Waals surface area contributed by atoms with Crippen molar-refractivity contribution < 1.29 is 27.8 Å². The number of alkyl halides is 3. The van der Waals surface area contributed by atoms with Crippen molar-refractivity contribution in [3.8, 4) is 5.75 Å². The van der Waals surface area contributed by atoms with Gasteiger partial charge >= 0.3 is 12.1 Å². The number of carbonyl (C=O) groups is 1. The molecule has 0 amide bonds. The van der Waals surface area contributed by atoms with E-state index in [2.05, 4.69) is 25.7 Å². The van der Waals surface area contributed by atoms with E-state index < -0.39 is 29.0 Å². The number of fused-ring (bicyclic) bond motifs is 1. The van der Waals surface area contributed by atoms with Crippen molar-refractivity contribution in [3.05, 3.63) is 33.9 Å². The zero-order chi connectivity index (χ0) is 15.1. The topological polar surface area (TPSA) is 59.4 Å². The molecular formula is C12H7BrF3NO3. The summed E-state index contributed by atoms with van der Waals surface area (Å²) in [7, 11) is 1.07. The van der Waals surface area contributed by atoms with Gasteiger partial charge in [0.2, 0.25) is 0 Å². The van der Waals surface area contributed by atoms with Gasteiger partial charge in [0, 0.05) is 5.39 Å². The average Bonchev–Trinajstić information content (AvgIpc) is 2.37. The summed E-state index contributed by atoms with van der Waals surface area (Å²) in [4.78, 5) is 15.3. The fraction of sp³-hybridized carbons (Fsp3) is 0.167. The molecule has 1 aromatic heterocycles. The molecule has 0 spiro atoms. The first-order valence-corrected chi connectivity index (χ1v) is 6.03. The molecular weight excluding hydrogens is 343 g/mol. The summed E-state index contributed by atoms with van der Waals surface area (Å²) in [6.07, 6.45) is -4.63. The molecule has 1 N–H and O–H groups in total. The van der Waals surface area contributed by atoms with E-state index in [1.54, 1.807) is 0 Å². The highest BCUT2D eigenvalue weighted by atomic mass is 79.9. The Balaban J connectivity index is 2.94. The van der Waals surface area contributed by atoms with Crippen molar-refractivity contribution in [1.29, 1.82) is 0 Å². The van der Waals surface area contributed by atoms with E-state index >= 15 is 0 Å². The van der Waals surface area contributed by atoms with Crippen LogP contribution in [0.1, 0.15) is 15.9 Å². The highest BCUT2D eigenvalue weighted by molar-refractivity contribution is 9.10. The van der Waals surface area contributed by atoms with Gasteiger partial charge in [0.1, 0.15) is 10.2 Å². The molecule has 4 nitrogen and oxygen atoms in total. The molecule has 0 aliphatic rings. The smallest absolute Gasteiger partial charge is 0.418 e. The summed E-state index contributed by atoms with van der Waals surface area (Å²) in [5.74, 6) is -1.52. The summed E-state index contributed by atoms with van der Waals surface area (Å²) in [5.41, 5.74) is -1.80. The number of pyridine rings is 1. The van der Waals surface area contributed by atoms with Crippen LogP contribution >= 0.6 is 15.9 Å². The lowest BCUT2D eigenvalue weighted by molar-refractivity contribution is -0.136. The SMILES string of the molecule is COC(=O)c1c(O)c(Br)nc2c(C(F)(F)F)cccc12. The zero-order valence-electron chi connectivity index (χ0n) is 9.95. The third-order valence-corrected chi connectivity index (χ3v) is 3.20. The molecule has 20 heavy (non-hydrogen) atoms. The number of para-hydroxylation sites is 1. The fourth-order valence-corrected chi connectivity index (χ4v) is 2.16. The van der Waals surface area contributed by atoms with Gasteiger partial charge in [-0.05, 0) is 22.0 Å². The van der Waals surface area contributed by atoms with Gasteiger partial charge in [-0.3, -0.25) is 0 Å². The minimum absolute atomic E-state index is 0.132. The first-order chi connectivity index (χ1) is 9.27. The molecule has 0 unspecified atom stereocenters. The Kier molecular flexibility index (Phi) is 3.59. The molecule has 2 aromatic rings. The molecule has 106 valence electrons. The van der Waals surface area contributed by atoms with E-state index in [9.17, 15) is 23.1 Å². The second-order valence-electron chi connectivity index (χ2n) is 3.82. The molecule has 0 bridgehead atoms. The molecule has 2 rings (SSSR count). The van der Waals surface area contributed by atoms with E-state index in [1.807, 2.05) is 0 Å². The van der Waals surface area contributed by atoms with Gasteiger partial charge in [-0.15, -0.1) is 0 Å². The summed E-state index contributed by atoms with van der Waals surface area (Å²) < 4.78 is 43.0. The van der Waals surface area contributed by atoms with Gasteiger partial charge < -0.3 is 9.84 Å². The van der Waals surface area contributed by atoms with Crippen LogP contribution < -0.4 is 0 Å². The molecule has 0 fully saturated rings. The predicted octanol–water partition coefficient (Wildman–Crippen LogP) is 3.51. The molecule has 0 atom stereocenters. The molecule has 0 aliphatic carbocycles. The predicted molar refractivity (Wildman–Crippen MR) is 67.4 cm³/mol. The van der Waals surface area contributed by atoms with Gasteiger partial charge in [-0.1, -0.05) is 12.1 Å². The Bertz CT molecular complexity index is 700. The van der Waals surface area contributed by atoms with Gasteiger partial charge in [-0.25, -0.2) is 9.78 Å². The van der Waals surface area contributed by atoms with Crippen molar-refractivity contribution in [2.75, 3.05) is 7.11 Å². The van der Waals surface area contributed by atoms with Crippen LogP contribution in [0, 0.1) is 0 Å². The van der Waals surface area contributed by atoms with Crippen molar-refractivity contribution in [2.24, 2.45) is 0 Å². The monoisotopic (exact) mass is 349 g/mol. The van der Waals surface area contributed by atoms with E-state index in [0.29, 0.717) is 0 Å². The van der Waals surface area contributed by atoms with Crippen LogP contribution in [-0.4, -0.2) is 23.2 Å². The molecule has 0 radical (unpaired) electrons. The number of hydrogen-bond acceptors (Lipinski definition) is 4. The first-order valence-electron chi connectivity index (χ1n) is 5.24. The van der Waals surface area contributed by atoms with Gasteiger partial charge in [0.05, 0.1) is 18.2 Å². The van der Waals surface area contributed by atoms with Gasteiger partial charge in [0.25, 0.3) is 0 Å². The Labute approximate surface area is 119 Å². The fourth-order valence-electron chi connectivity index (χ4n) is 1.78. The Morgan fingerprint density at radius 2 is 2.05 bits per heavy atom. The number of rotatable bonds is 1. The van der Waals surface area contributed by atoms with E-state index in [1.165, 1.54) is 6.07 Å². The van der Waals surface area contributed by atoms with Crippen LogP contribution in [0.15, 0.2) is 22.8 Å². The van der Waals surface area contributed by atoms with Crippen LogP contribution in [0.25, 0.3) is 10.9 Å².